The molecule has 13 rings (SSSR count). The number of Topliss-reactive ketones (excluding diaryl/α,β-unsaturated/α-hetero) is 2. The Balaban J connectivity index is 1.34. The van der Waals surface area contributed by atoms with Crippen LogP contribution in [0.1, 0.15) is 128 Å². The van der Waals surface area contributed by atoms with Gasteiger partial charge < -0.3 is 18.9 Å². The van der Waals surface area contributed by atoms with Crippen LogP contribution < -0.4 is 9.47 Å². The minimum Gasteiger partial charge on any atom is -0.478 e. The monoisotopic (exact) mass is 964 g/mol. The molecule has 0 radical (unpaired) electrons. The summed E-state index contributed by atoms with van der Waals surface area (Å²) in [7, 11) is 2.78. The van der Waals surface area contributed by atoms with Crippen molar-refractivity contribution in [3.05, 3.63) is 164 Å². The van der Waals surface area contributed by atoms with Gasteiger partial charge in [0.2, 0.25) is 0 Å². The summed E-state index contributed by atoms with van der Waals surface area (Å²) in [5, 5.41) is 0. The van der Waals surface area contributed by atoms with Crippen LogP contribution in [0, 0.1) is 33.5 Å². The molecule has 72 heavy (non-hydrogen) atoms. The molecule has 3 heterocycles. The molecule has 4 aromatic carbocycles. The first-order valence-corrected chi connectivity index (χ1v) is 25.7. The first kappa shape index (κ1) is 48.0. The summed E-state index contributed by atoms with van der Waals surface area (Å²) in [5.41, 5.74) is 2.70. The van der Waals surface area contributed by atoms with Gasteiger partial charge in [0, 0.05) is 12.8 Å². The number of hydrogen-bond acceptors (Lipinski definition) is 8. The highest BCUT2D eigenvalue weighted by Gasteiger charge is 2.73. The minimum absolute atomic E-state index is 0.0313. The first-order chi connectivity index (χ1) is 33.7. The fourth-order valence-corrected chi connectivity index (χ4v) is 14.0. The Bertz CT molecular complexity index is 3010. The largest absolute Gasteiger partial charge is 0.478 e. The Morgan fingerprint density at radius 1 is 0.486 bits per heavy atom. The van der Waals surface area contributed by atoms with Crippen LogP contribution in [-0.2, 0) is 65.2 Å². The van der Waals surface area contributed by atoms with E-state index < -0.39 is 56.6 Å². The van der Waals surface area contributed by atoms with E-state index in [1.165, 1.54) is 14.2 Å². The van der Waals surface area contributed by atoms with E-state index in [2.05, 4.69) is 120 Å². The summed E-state index contributed by atoms with van der Waals surface area (Å²) in [5.74, 6) is -1.93. The minimum atomic E-state index is -1.61. The average Bonchev–Trinajstić information content (AvgIpc) is 3.91. The standard InChI is InChI=1S/C64H68O8/c1-57(2,3)41-25-37-29-61-33-43(59(7,8)9)48(46(49(61)53(65)69-13)36-23-19-16-20-24-36)64(55(61)67)32-40-28-42(58(4,5)6)26-38(52(40)72-64)30-62-34-44(60(10,11)12)47(63(56(62)68)31-39(27-41)51(37)71-63)45(50(62)54(66)70-14)35-21-17-15-18-22-35/h15-28,33-34,47-48H,29-32H2,1-14H3. The van der Waals surface area contributed by atoms with E-state index in [1.54, 1.807) is 0 Å². The first-order valence-electron chi connectivity index (χ1n) is 25.7. The molecule has 0 saturated heterocycles. The molecule has 9 aliphatic rings. The summed E-state index contributed by atoms with van der Waals surface area (Å²) in [6.45, 7) is 26.0. The van der Waals surface area contributed by atoms with Crippen LogP contribution in [0.5, 0.6) is 11.5 Å². The van der Waals surface area contributed by atoms with Crippen LogP contribution in [0.2, 0.25) is 0 Å². The van der Waals surface area contributed by atoms with Crippen LogP contribution in [-0.4, -0.2) is 48.9 Å². The Kier molecular flexibility index (Phi) is 10.1. The fourth-order valence-electron chi connectivity index (χ4n) is 14.0. The zero-order chi connectivity index (χ0) is 51.7. The van der Waals surface area contributed by atoms with Crippen molar-refractivity contribution < 1.29 is 38.1 Å². The second-order valence-electron chi connectivity index (χ2n) is 25.9. The molecule has 4 aromatic rings. The molecule has 0 aromatic heterocycles. The highest BCUT2D eigenvalue weighted by molar-refractivity contribution is 6.18. The summed E-state index contributed by atoms with van der Waals surface area (Å²) in [6, 6.07) is 28.5. The van der Waals surface area contributed by atoms with Crippen LogP contribution in [0.25, 0.3) is 11.1 Å². The van der Waals surface area contributed by atoms with Crippen molar-refractivity contribution in [3.63, 3.8) is 0 Å². The third-order valence-corrected chi connectivity index (χ3v) is 17.3. The molecule has 8 heteroatoms. The van der Waals surface area contributed by atoms with Gasteiger partial charge in [0.05, 0.1) is 48.0 Å². The van der Waals surface area contributed by atoms with Crippen molar-refractivity contribution in [1.82, 2.24) is 0 Å². The van der Waals surface area contributed by atoms with Crippen molar-refractivity contribution in [2.75, 3.05) is 14.2 Å². The molecule has 6 atom stereocenters. The van der Waals surface area contributed by atoms with E-state index in [0.29, 0.717) is 33.8 Å². The van der Waals surface area contributed by atoms with Gasteiger partial charge in [-0.15, -0.1) is 0 Å². The number of rotatable bonds is 4. The van der Waals surface area contributed by atoms with Crippen LogP contribution >= 0.6 is 0 Å². The van der Waals surface area contributed by atoms with Crippen molar-refractivity contribution >= 4 is 34.7 Å². The third kappa shape index (κ3) is 6.41. The molecule has 372 valence electrons. The number of carbonyl (C=O) groups excluding carboxylic acids is 4. The van der Waals surface area contributed by atoms with Crippen LogP contribution in [0.4, 0.5) is 0 Å². The lowest BCUT2D eigenvalue weighted by Crippen LogP contribution is -2.66. The molecule has 0 amide bonds. The number of allylic oxidation sites excluding steroid dienone is 2. The lowest BCUT2D eigenvalue weighted by atomic mass is 9.47. The maximum Gasteiger partial charge on any atom is 0.335 e. The number of ketones is 2. The number of hydrogen-bond donors (Lipinski definition) is 0. The molecular formula is C64H68O8. The summed E-state index contributed by atoms with van der Waals surface area (Å²) >= 11 is 0. The maximum absolute atomic E-state index is 16.9. The van der Waals surface area contributed by atoms with E-state index >= 15 is 19.2 Å². The zero-order valence-corrected chi connectivity index (χ0v) is 44.5. The molecule has 8 nitrogen and oxygen atoms in total. The molecule has 0 fully saturated rings. The quantitative estimate of drug-likeness (QED) is 0.147. The predicted octanol–water partition coefficient (Wildman–Crippen LogP) is 12.0. The number of methoxy groups -OCH3 is 2. The third-order valence-electron chi connectivity index (χ3n) is 17.3. The zero-order valence-electron chi connectivity index (χ0n) is 44.5. The Morgan fingerprint density at radius 3 is 1.10 bits per heavy atom. The van der Waals surface area contributed by atoms with Gasteiger partial charge in [-0.3, -0.25) is 9.59 Å². The van der Waals surface area contributed by atoms with E-state index in [4.69, 9.17) is 18.9 Å². The Hall–Kier alpha value is -6.28. The molecule has 8 bridgehead atoms. The Labute approximate surface area is 425 Å². The maximum atomic E-state index is 16.9. The highest BCUT2D eigenvalue weighted by Crippen LogP contribution is 2.69. The van der Waals surface area contributed by atoms with Crippen molar-refractivity contribution in [3.8, 4) is 11.5 Å². The summed E-state index contributed by atoms with van der Waals surface area (Å²) in [4.78, 5) is 64.1. The SMILES string of the molecule is COC(=O)C1=C(c2ccccc2)C2C(C(C)(C)C)=CC13Cc1cc(C(C)(C)C)cc4c1OC1(C4)C(=O)C4(C=C(C(C)(C)C)C1C(c1ccccc1)=C4C(=O)OC)Cc1cc(C(C)(C)C)cc4c1OC2(C4)C3=O. The number of ether oxygens (including phenoxy) is 4. The van der Waals surface area contributed by atoms with Gasteiger partial charge in [-0.1, -0.05) is 191 Å². The molecular weight excluding hydrogens is 897 g/mol. The van der Waals surface area contributed by atoms with Gasteiger partial charge in [-0.25, -0.2) is 9.59 Å². The van der Waals surface area contributed by atoms with Crippen LogP contribution in [0.3, 0.4) is 0 Å². The van der Waals surface area contributed by atoms with Crippen molar-refractivity contribution in [2.24, 2.45) is 33.5 Å². The molecule has 0 N–H and O–H groups in total. The van der Waals surface area contributed by atoms with Crippen molar-refractivity contribution in [1.29, 1.82) is 0 Å². The molecule has 6 unspecified atom stereocenters. The number of benzene rings is 4. The topological polar surface area (TPSA) is 105 Å². The lowest BCUT2D eigenvalue weighted by Gasteiger charge is -2.57. The van der Waals surface area contributed by atoms with Gasteiger partial charge in [0.25, 0.3) is 0 Å². The molecule has 0 saturated carbocycles. The Morgan fingerprint density at radius 2 is 0.806 bits per heavy atom. The summed E-state index contributed by atoms with van der Waals surface area (Å²) < 4.78 is 27.2. The normalized spacial score (nSPS) is 28.0. The van der Waals surface area contributed by atoms with Gasteiger partial charge in [-0.05, 0) is 90.2 Å². The van der Waals surface area contributed by atoms with E-state index in [-0.39, 0.29) is 48.1 Å². The van der Waals surface area contributed by atoms with Gasteiger partial charge >= 0.3 is 11.9 Å². The highest BCUT2D eigenvalue weighted by atomic mass is 16.5. The van der Waals surface area contributed by atoms with Gasteiger partial charge in [0.15, 0.2) is 22.8 Å². The predicted molar refractivity (Wildman–Crippen MR) is 280 cm³/mol. The van der Waals surface area contributed by atoms with Gasteiger partial charge in [-0.2, -0.15) is 0 Å². The lowest BCUT2D eigenvalue weighted by molar-refractivity contribution is -0.150. The summed E-state index contributed by atoms with van der Waals surface area (Å²) in [6.07, 6.45) is 4.67. The van der Waals surface area contributed by atoms with E-state index in [1.807, 2.05) is 60.7 Å². The number of esters is 2. The average molecular weight is 965 g/mol. The molecule has 4 spiro atoms. The van der Waals surface area contributed by atoms with Gasteiger partial charge in [0.1, 0.15) is 11.5 Å². The van der Waals surface area contributed by atoms with Crippen LogP contribution in [0.15, 0.2) is 119 Å². The van der Waals surface area contributed by atoms with E-state index in [9.17, 15) is 0 Å². The second kappa shape index (κ2) is 15.1. The van der Waals surface area contributed by atoms with E-state index in [0.717, 1.165) is 55.7 Å². The van der Waals surface area contributed by atoms with Crippen molar-refractivity contribution in [2.45, 2.75) is 131 Å². The number of carbonyl (C=O) groups is 4. The smallest absolute Gasteiger partial charge is 0.335 e. The second-order valence-corrected chi connectivity index (χ2v) is 25.9. The molecule has 6 aliphatic carbocycles. The molecule has 3 aliphatic heterocycles. The fraction of sp³-hybridized carbons (Fsp3) is 0.438.